The summed E-state index contributed by atoms with van der Waals surface area (Å²) in [6, 6.07) is 9.46. The zero-order valence-electron chi connectivity index (χ0n) is 20.8. The number of carbonyl (C=O) groups excluding carboxylic acids is 1. The summed E-state index contributed by atoms with van der Waals surface area (Å²) in [5, 5.41) is 0. The summed E-state index contributed by atoms with van der Waals surface area (Å²) in [5.41, 5.74) is -0.215. The first-order chi connectivity index (χ1) is 15.5. The first-order valence-electron chi connectivity index (χ1n) is 11.2. The molecule has 4 nitrogen and oxygen atoms in total. The van der Waals surface area contributed by atoms with Gasteiger partial charge in [-0.05, 0) is 34.5 Å². The van der Waals surface area contributed by atoms with Gasteiger partial charge < -0.3 is 9.64 Å². The van der Waals surface area contributed by atoms with Crippen molar-refractivity contribution in [3.63, 3.8) is 0 Å². The Labute approximate surface area is 204 Å². The number of hydrogen-bond donors (Lipinski definition) is 0. The first kappa shape index (κ1) is 30.9. The van der Waals surface area contributed by atoms with Crippen LogP contribution in [0.2, 0.25) is 0 Å². The van der Waals surface area contributed by atoms with Crippen molar-refractivity contribution in [3.05, 3.63) is 52.1 Å². The van der Waals surface area contributed by atoms with E-state index in [1.54, 1.807) is 20.8 Å². The number of ether oxygens (including phenoxy) is 1. The number of nitrogens with zero attached hydrogens (tertiary/aromatic N) is 2. The Morgan fingerprint density at radius 2 is 1.61 bits per heavy atom. The molecular formula is C25H36BrF3N2O2. The summed E-state index contributed by atoms with van der Waals surface area (Å²) in [4.78, 5) is 18.1. The van der Waals surface area contributed by atoms with E-state index in [4.69, 9.17) is 4.74 Å². The van der Waals surface area contributed by atoms with Crippen LogP contribution in [-0.4, -0.2) is 18.0 Å². The lowest BCUT2D eigenvalue weighted by molar-refractivity contribution is -0.138. The van der Waals surface area contributed by atoms with Crippen LogP contribution in [0.1, 0.15) is 78.5 Å². The minimum Gasteiger partial charge on any atom is -0.479 e. The molecule has 0 saturated carbocycles. The van der Waals surface area contributed by atoms with Crippen LogP contribution in [0.3, 0.4) is 0 Å². The Bertz CT molecular complexity index is 842. The largest absolute Gasteiger partial charge is 0.479 e. The lowest BCUT2D eigenvalue weighted by Crippen LogP contribution is -2.37. The van der Waals surface area contributed by atoms with Crippen LogP contribution >= 0.6 is 15.9 Å². The molecule has 33 heavy (non-hydrogen) atoms. The van der Waals surface area contributed by atoms with Crippen LogP contribution in [-0.2, 0) is 11.0 Å². The predicted molar refractivity (Wildman–Crippen MR) is 133 cm³/mol. The Hall–Kier alpha value is -2.09. The van der Waals surface area contributed by atoms with Crippen molar-refractivity contribution in [1.29, 1.82) is 0 Å². The molecule has 0 aliphatic carbocycles. The average molecular weight is 533 g/mol. The molecule has 0 spiro atoms. The number of amides is 1. The van der Waals surface area contributed by atoms with Crippen LogP contribution in [0.15, 0.2) is 41.0 Å². The van der Waals surface area contributed by atoms with E-state index in [1.807, 2.05) is 44.2 Å². The Morgan fingerprint density at radius 1 is 1.09 bits per heavy atom. The maximum atomic E-state index is 13.4. The molecule has 2 rings (SSSR count). The topological polar surface area (TPSA) is 42.4 Å². The minimum absolute atomic E-state index is 0.0249. The van der Waals surface area contributed by atoms with Crippen molar-refractivity contribution < 1.29 is 22.7 Å². The van der Waals surface area contributed by atoms with Crippen molar-refractivity contribution in [3.8, 4) is 5.88 Å². The second-order valence-electron chi connectivity index (χ2n) is 7.30. The Morgan fingerprint density at radius 3 is 2.00 bits per heavy atom. The van der Waals surface area contributed by atoms with E-state index in [-0.39, 0.29) is 22.1 Å². The van der Waals surface area contributed by atoms with Gasteiger partial charge in [0, 0.05) is 5.92 Å². The predicted octanol–water partition coefficient (Wildman–Crippen LogP) is 8.45. The van der Waals surface area contributed by atoms with Crippen LogP contribution in [0.4, 0.5) is 18.9 Å². The normalized spacial score (nSPS) is 11.5. The highest BCUT2D eigenvalue weighted by molar-refractivity contribution is 9.10. The zero-order valence-corrected chi connectivity index (χ0v) is 22.3. The van der Waals surface area contributed by atoms with Gasteiger partial charge in [-0.1, -0.05) is 84.7 Å². The molecule has 0 aliphatic heterocycles. The van der Waals surface area contributed by atoms with Gasteiger partial charge in [0.05, 0.1) is 18.7 Å². The highest BCUT2D eigenvalue weighted by atomic mass is 79.9. The average Bonchev–Trinajstić information content (AvgIpc) is 2.80. The van der Waals surface area contributed by atoms with E-state index < -0.39 is 23.7 Å². The number of alkyl halides is 3. The van der Waals surface area contributed by atoms with Crippen molar-refractivity contribution in [2.75, 3.05) is 12.0 Å². The van der Waals surface area contributed by atoms with E-state index in [0.717, 1.165) is 11.6 Å². The van der Waals surface area contributed by atoms with Gasteiger partial charge in [-0.25, -0.2) is 4.98 Å². The first-order valence-corrected chi connectivity index (χ1v) is 12.0. The Balaban J connectivity index is 0.00000154. The molecule has 1 aromatic heterocycles. The molecule has 1 unspecified atom stereocenters. The van der Waals surface area contributed by atoms with E-state index in [0.29, 0.717) is 0 Å². The molecule has 0 N–H and O–H groups in total. The number of unbranched alkanes of at least 4 members (excludes halogenated alkanes) is 1. The number of rotatable bonds is 6. The molecular weight excluding hydrogens is 497 g/mol. The van der Waals surface area contributed by atoms with E-state index in [2.05, 4.69) is 34.8 Å². The van der Waals surface area contributed by atoms with Crippen LogP contribution in [0, 0.1) is 5.92 Å². The molecule has 0 radical (unpaired) electrons. The highest BCUT2D eigenvalue weighted by Crippen LogP contribution is 2.42. The molecule has 0 aliphatic rings. The summed E-state index contributed by atoms with van der Waals surface area (Å²) in [7, 11) is 1.30. The molecule has 8 heteroatoms. The molecule has 1 heterocycles. The van der Waals surface area contributed by atoms with Gasteiger partial charge >= 0.3 is 6.18 Å². The van der Waals surface area contributed by atoms with Gasteiger partial charge in [-0.15, -0.1) is 0 Å². The van der Waals surface area contributed by atoms with Crippen molar-refractivity contribution in [2.24, 2.45) is 5.92 Å². The maximum absolute atomic E-state index is 13.4. The number of pyridine rings is 1. The number of anilines is 1. The van der Waals surface area contributed by atoms with E-state index >= 15 is 0 Å². The van der Waals surface area contributed by atoms with Gasteiger partial charge in [0.2, 0.25) is 11.8 Å². The summed E-state index contributed by atoms with van der Waals surface area (Å²) in [5.74, 6) is -0.826. The molecule has 2 aromatic rings. The van der Waals surface area contributed by atoms with Crippen LogP contribution < -0.4 is 9.64 Å². The Kier molecular flexibility index (Phi) is 14.0. The van der Waals surface area contributed by atoms with Crippen LogP contribution in [0.5, 0.6) is 5.88 Å². The fraction of sp³-hybridized carbons (Fsp3) is 0.520. The van der Waals surface area contributed by atoms with E-state index in [9.17, 15) is 18.0 Å². The lowest BCUT2D eigenvalue weighted by atomic mass is 10.0. The molecule has 0 bridgehead atoms. The standard InChI is InChI=1S/C19H20BrF3N2O2.C4H10.C2H6/c1-11(2)18(26)25(12(3)13-8-6-5-7-9-13)15-10-14(19(21,22)23)16(20)24-17(15)27-4;1-3-4-2;1-2/h5-12H,1-4H3;3-4H2,1-2H3;1-2H3. The maximum Gasteiger partial charge on any atom is 0.419 e. The summed E-state index contributed by atoms with van der Waals surface area (Å²) < 4.78 is 45.0. The van der Waals surface area contributed by atoms with Gasteiger partial charge in [-0.3, -0.25) is 4.79 Å². The third-order valence-electron chi connectivity index (χ3n) is 4.58. The summed E-state index contributed by atoms with van der Waals surface area (Å²) >= 11 is 2.84. The lowest BCUT2D eigenvalue weighted by Gasteiger charge is -2.32. The van der Waals surface area contributed by atoms with Gasteiger partial charge in [0.1, 0.15) is 10.3 Å². The number of carbonyl (C=O) groups is 1. The SMILES string of the molecule is CC.CCCC.COc1nc(Br)c(C(F)(F)F)cc1N(C(=O)C(C)C)C(C)c1ccccc1. The molecule has 1 amide bonds. The van der Waals surface area contributed by atoms with Gasteiger partial charge in [0.15, 0.2) is 0 Å². The molecule has 1 aromatic carbocycles. The zero-order chi connectivity index (χ0) is 25.8. The summed E-state index contributed by atoms with van der Waals surface area (Å²) in [6.45, 7) is 13.5. The monoisotopic (exact) mass is 532 g/mol. The minimum atomic E-state index is -4.63. The molecule has 0 saturated heterocycles. The van der Waals surface area contributed by atoms with Crippen LogP contribution in [0.25, 0.3) is 0 Å². The molecule has 186 valence electrons. The quantitative estimate of drug-likeness (QED) is 0.350. The fourth-order valence-electron chi connectivity index (χ4n) is 2.66. The fourth-order valence-corrected chi connectivity index (χ4v) is 3.16. The number of methoxy groups -OCH3 is 1. The van der Waals surface area contributed by atoms with E-state index in [1.165, 1.54) is 24.9 Å². The second-order valence-corrected chi connectivity index (χ2v) is 8.05. The van der Waals surface area contributed by atoms with Crippen molar-refractivity contribution in [1.82, 2.24) is 4.98 Å². The number of halogens is 4. The summed E-state index contributed by atoms with van der Waals surface area (Å²) in [6.07, 6.45) is -1.99. The van der Waals surface area contributed by atoms with Gasteiger partial charge in [0.25, 0.3) is 0 Å². The second kappa shape index (κ2) is 14.9. The van der Waals surface area contributed by atoms with Crippen molar-refractivity contribution in [2.45, 2.75) is 73.5 Å². The number of aromatic nitrogens is 1. The third kappa shape index (κ3) is 8.99. The highest BCUT2D eigenvalue weighted by Gasteiger charge is 2.37. The molecule has 1 atom stereocenters. The third-order valence-corrected chi connectivity index (χ3v) is 5.19. The number of hydrogen-bond acceptors (Lipinski definition) is 3. The smallest absolute Gasteiger partial charge is 0.419 e. The van der Waals surface area contributed by atoms with Crippen molar-refractivity contribution >= 4 is 27.5 Å². The van der Waals surface area contributed by atoms with Gasteiger partial charge in [-0.2, -0.15) is 13.2 Å². The molecule has 0 fully saturated rings. The number of benzene rings is 1.